The minimum absolute atomic E-state index is 0.288. The van der Waals surface area contributed by atoms with E-state index in [0.29, 0.717) is 12.0 Å². The lowest BCUT2D eigenvalue weighted by atomic mass is 9.77. The molecular weight excluding hydrogens is 264 g/mol. The number of nitrogens with zero attached hydrogens (tertiary/aromatic N) is 2. The van der Waals surface area contributed by atoms with Gasteiger partial charge in [-0.15, -0.1) is 0 Å². The van der Waals surface area contributed by atoms with Gasteiger partial charge in [0.1, 0.15) is 0 Å². The molecule has 0 saturated heterocycles. The van der Waals surface area contributed by atoms with Gasteiger partial charge in [-0.25, -0.2) is 0 Å². The summed E-state index contributed by atoms with van der Waals surface area (Å²) in [7, 11) is 0. The Kier molecular flexibility index (Phi) is 4.60. The van der Waals surface area contributed by atoms with E-state index in [0.717, 1.165) is 11.8 Å². The third-order valence-corrected chi connectivity index (χ3v) is 4.76. The lowest BCUT2D eigenvalue weighted by molar-refractivity contribution is 0.254. The first-order chi connectivity index (χ1) is 7.39. The van der Waals surface area contributed by atoms with Crippen molar-refractivity contribution in [3.8, 4) is 0 Å². The number of halogens is 1. The van der Waals surface area contributed by atoms with Crippen molar-refractivity contribution in [2.75, 3.05) is 5.33 Å². The zero-order chi connectivity index (χ0) is 12.3. The van der Waals surface area contributed by atoms with Gasteiger partial charge < -0.3 is 0 Å². The first-order valence-electron chi connectivity index (χ1n) is 5.99. The van der Waals surface area contributed by atoms with Crippen molar-refractivity contribution in [1.82, 2.24) is 9.78 Å². The van der Waals surface area contributed by atoms with Gasteiger partial charge in [0.05, 0.1) is 5.69 Å². The van der Waals surface area contributed by atoms with Gasteiger partial charge in [-0.2, -0.15) is 5.10 Å². The standard InChI is InChI=1S/C13H23BrN2/c1-10(2)13(5,9-14)8-12-6-7-16(15-12)11(3)4/h6-7,10-11H,8-9H2,1-5H3. The Balaban J connectivity index is 2.78. The van der Waals surface area contributed by atoms with Crippen LogP contribution in [0.1, 0.15) is 46.4 Å². The summed E-state index contributed by atoms with van der Waals surface area (Å²) in [5, 5.41) is 5.64. The minimum atomic E-state index is 0.288. The summed E-state index contributed by atoms with van der Waals surface area (Å²) >= 11 is 3.63. The van der Waals surface area contributed by atoms with E-state index in [-0.39, 0.29) is 5.41 Å². The van der Waals surface area contributed by atoms with Gasteiger partial charge in [-0.3, -0.25) is 4.68 Å². The van der Waals surface area contributed by atoms with Crippen LogP contribution < -0.4 is 0 Å². The topological polar surface area (TPSA) is 17.8 Å². The third-order valence-electron chi connectivity index (χ3n) is 3.48. The van der Waals surface area contributed by atoms with Crippen LogP contribution in [0.3, 0.4) is 0 Å². The van der Waals surface area contributed by atoms with Crippen LogP contribution in [0.5, 0.6) is 0 Å². The minimum Gasteiger partial charge on any atom is -0.270 e. The van der Waals surface area contributed by atoms with Crippen LogP contribution in [-0.2, 0) is 6.42 Å². The van der Waals surface area contributed by atoms with E-state index in [1.807, 2.05) is 4.68 Å². The molecule has 0 bridgehead atoms. The number of aromatic nitrogens is 2. The third kappa shape index (κ3) is 3.09. The van der Waals surface area contributed by atoms with Crippen LogP contribution in [-0.4, -0.2) is 15.1 Å². The molecule has 0 radical (unpaired) electrons. The molecule has 0 aliphatic heterocycles. The van der Waals surface area contributed by atoms with Gasteiger partial charge in [-0.05, 0) is 37.7 Å². The van der Waals surface area contributed by atoms with Gasteiger partial charge in [0, 0.05) is 17.6 Å². The molecule has 0 fully saturated rings. The van der Waals surface area contributed by atoms with Crippen molar-refractivity contribution in [3.63, 3.8) is 0 Å². The SMILES string of the molecule is CC(C)n1ccc(CC(C)(CBr)C(C)C)n1. The first kappa shape index (κ1) is 13.8. The molecule has 1 unspecified atom stereocenters. The molecule has 0 N–H and O–H groups in total. The second-order valence-electron chi connectivity index (χ2n) is 5.50. The summed E-state index contributed by atoms with van der Waals surface area (Å²) in [6.45, 7) is 11.2. The van der Waals surface area contributed by atoms with Crippen molar-refractivity contribution in [2.45, 2.75) is 47.1 Å². The number of alkyl halides is 1. The van der Waals surface area contributed by atoms with Crippen LogP contribution in [0.15, 0.2) is 12.3 Å². The second-order valence-corrected chi connectivity index (χ2v) is 6.06. The highest BCUT2D eigenvalue weighted by Gasteiger charge is 2.28. The summed E-state index contributed by atoms with van der Waals surface area (Å²) in [5.74, 6) is 0.649. The zero-order valence-corrected chi connectivity index (χ0v) is 12.6. The van der Waals surface area contributed by atoms with Crippen molar-refractivity contribution in [2.24, 2.45) is 11.3 Å². The van der Waals surface area contributed by atoms with Crippen molar-refractivity contribution in [3.05, 3.63) is 18.0 Å². The molecule has 1 aromatic rings. The van der Waals surface area contributed by atoms with Gasteiger partial charge >= 0.3 is 0 Å². The normalized spacial score (nSPS) is 15.8. The number of hydrogen-bond acceptors (Lipinski definition) is 1. The Hall–Kier alpha value is -0.310. The Morgan fingerprint density at radius 3 is 2.38 bits per heavy atom. The molecule has 0 spiro atoms. The van der Waals surface area contributed by atoms with E-state index in [1.54, 1.807) is 0 Å². The Labute approximate surface area is 108 Å². The molecule has 2 nitrogen and oxygen atoms in total. The van der Waals surface area contributed by atoms with Crippen molar-refractivity contribution >= 4 is 15.9 Å². The molecule has 1 atom stereocenters. The van der Waals surface area contributed by atoms with Gasteiger partial charge in [0.2, 0.25) is 0 Å². The lowest BCUT2D eigenvalue weighted by Gasteiger charge is -2.31. The first-order valence-corrected chi connectivity index (χ1v) is 7.11. The summed E-state index contributed by atoms with van der Waals surface area (Å²) in [6, 6.07) is 2.59. The molecular formula is C13H23BrN2. The highest BCUT2D eigenvalue weighted by atomic mass is 79.9. The molecule has 1 rings (SSSR count). The average Bonchev–Trinajstić information content (AvgIpc) is 2.65. The fourth-order valence-electron chi connectivity index (χ4n) is 1.58. The van der Waals surface area contributed by atoms with Crippen LogP contribution in [0.2, 0.25) is 0 Å². The fraction of sp³-hybridized carbons (Fsp3) is 0.769. The monoisotopic (exact) mass is 286 g/mol. The molecule has 92 valence electrons. The maximum atomic E-state index is 4.62. The van der Waals surface area contributed by atoms with Crippen LogP contribution in [0.25, 0.3) is 0 Å². The highest BCUT2D eigenvalue weighted by molar-refractivity contribution is 9.09. The molecule has 0 aliphatic rings. The van der Waals surface area contributed by atoms with Gasteiger partial charge in [0.25, 0.3) is 0 Å². The summed E-state index contributed by atoms with van der Waals surface area (Å²) < 4.78 is 2.03. The van der Waals surface area contributed by atoms with E-state index in [4.69, 9.17) is 0 Å². The largest absolute Gasteiger partial charge is 0.270 e. The van der Waals surface area contributed by atoms with Crippen molar-refractivity contribution < 1.29 is 0 Å². The maximum absolute atomic E-state index is 4.62. The molecule has 0 amide bonds. The van der Waals surface area contributed by atoms with Crippen molar-refractivity contribution in [1.29, 1.82) is 0 Å². The Bertz CT molecular complexity index is 330. The van der Waals surface area contributed by atoms with E-state index >= 15 is 0 Å². The van der Waals surface area contributed by atoms with E-state index < -0.39 is 0 Å². The van der Waals surface area contributed by atoms with Crippen LogP contribution in [0.4, 0.5) is 0 Å². The van der Waals surface area contributed by atoms with Gasteiger partial charge in [-0.1, -0.05) is 36.7 Å². The van der Waals surface area contributed by atoms with E-state index in [1.165, 1.54) is 5.69 Å². The summed E-state index contributed by atoms with van der Waals surface area (Å²) in [4.78, 5) is 0. The predicted octanol–water partition coefficient (Wildman–Crippen LogP) is 4.06. The molecule has 0 saturated carbocycles. The van der Waals surface area contributed by atoms with E-state index in [9.17, 15) is 0 Å². The maximum Gasteiger partial charge on any atom is 0.0630 e. The highest BCUT2D eigenvalue weighted by Crippen LogP contribution is 2.32. The molecule has 1 heterocycles. The summed E-state index contributed by atoms with van der Waals surface area (Å²) in [5.41, 5.74) is 1.49. The number of hydrogen-bond donors (Lipinski definition) is 0. The van der Waals surface area contributed by atoms with Crippen LogP contribution in [0, 0.1) is 11.3 Å². The predicted molar refractivity (Wildman–Crippen MR) is 73.1 cm³/mol. The smallest absolute Gasteiger partial charge is 0.0630 e. The molecule has 0 aliphatic carbocycles. The second kappa shape index (κ2) is 5.35. The zero-order valence-electron chi connectivity index (χ0n) is 11.0. The molecule has 16 heavy (non-hydrogen) atoms. The molecule has 1 aromatic heterocycles. The van der Waals surface area contributed by atoms with Crippen LogP contribution >= 0.6 is 15.9 Å². The molecule has 0 aromatic carbocycles. The summed E-state index contributed by atoms with van der Waals surface area (Å²) in [6.07, 6.45) is 3.12. The lowest BCUT2D eigenvalue weighted by Crippen LogP contribution is -2.28. The van der Waals surface area contributed by atoms with E-state index in [2.05, 4.69) is 67.9 Å². The fourth-order valence-corrected chi connectivity index (χ4v) is 2.42. The quantitative estimate of drug-likeness (QED) is 0.747. The molecule has 3 heteroatoms. The number of rotatable bonds is 5. The Morgan fingerprint density at radius 2 is 2.00 bits per heavy atom. The van der Waals surface area contributed by atoms with Gasteiger partial charge in [0.15, 0.2) is 0 Å². The Morgan fingerprint density at radius 1 is 1.38 bits per heavy atom. The average molecular weight is 287 g/mol.